The number of carboxylic acids is 1. The Morgan fingerprint density at radius 1 is 1.00 bits per heavy atom. The number of rotatable bonds is 4. The molecule has 0 fully saturated rings. The van der Waals surface area contributed by atoms with Crippen molar-refractivity contribution in [3.05, 3.63) is 63.0 Å². The molecule has 0 saturated carbocycles. The van der Waals surface area contributed by atoms with E-state index in [9.17, 15) is 9.90 Å². The number of pyridine rings is 1. The van der Waals surface area contributed by atoms with Gasteiger partial charge in [0.1, 0.15) is 0 Å². The minimum absolute atomic E-state index is 0.0454. The summed E-state index contributed by atoms with van der Waals surface area (Å²) < 4.78 is 0. The summed E-state index contributed by atoms with van der Waals surface area (Å²) >= 11 is 0. The van der Waals surface area contributed by atoms with E-state index in [2.05, 4.69) is 53.5 Å². The highest BCUT2D eigenvalue weighted by Crippen LogP contribution is 2.51. The Balaban J connectivity index is 2.09. The van der Waals surface area contributed by atoms with Gasteiger partial charge in [-0.25, -0.2) is 4.79 Å². The molecule has 0 amide bonds. The van der Waals surface area contributed by atoms with Crippen LogP contribution in [0.1, 0.15) is 89.3 Å². The van der Waals surface area contributed by atoms with Crippen LogP contribution in [0.3, 0.4) is 0 Å². The fraction of sp³-hybridized carbons (Fsp3) is 0.520. The number of benzene rings is 1. The lowest BCUT2D eigenvalue weighted by atomic mass is 9.58. The standard InChI is InChI=1S/C25H33NO2/c1-15-16(2)18(4)22-21(17(15)3)24(5,6)11-12-25(22,7)10-8-19-14-26-13-9-20(19)23(27)28/h9,13-14H,8,10-12H2,1-7H3,(H,27,28). The van der Waals surface area contributed by atoms with E-state index in [1.165, 1.54) is 33.4 Å². The third-order valence-electron chi connectivity index (χ3n) is 7.35. The fourth-order valence-electron chi connectivity index (χ4n) is 5.25. The summed E-state index contributed by atoms with van der Waals surface area (Å²) in [4.78, 5) is 15.8. The van der Waals surface area contributed by atoms with Crippen LogP contribution in [0.15, 0.2) is 18.5 Å². The second kappa shape index (κ2) is 7.02. The Labute approximate surface area is 169 Å². The van der Waals surface area contributed by atoms with Crippen LogP contribution in [0.4, 0.5) is 0 Å². The van der Waals surface area contributed by atoms with Crippen molar-refractivity contribution >= 4 is 5.97 Å². The Bertz CT molecular complexity index is 942. The number of carbonyl (C=O) groups is 1. The van der Waals surface area contributed by atoms with Crippen molar-refractivity contribution in [1.29, 1.82) is 0 Å². The van der Waals surface area contributed by atoms with E-state index in [1.54, 1.807) is 18.5 Å². The second-order valence-electron chi connectivity index (χ2n) is 9.53. The number of hydrogen-bond acceptors (Lipinski definition) is 2. The van der Waals surface area contributed by atoms with Crippen LogP contribution in [-0.2, 0) is 17.3 Å². The van der Waals surface area contributed by atoms with Gasteiger partial charge in [0.25, 0.3) is 0 Å². The zero-order valence-corrected chi connectivity index (χ0v) is 18.4. The summed E-state index contributed by atoms with van der Waals surface area (Å²) in [5, 5.41) is 9.51. The summed E-state index contributed by atoms with van der Waals surface area (Å²) in [6, 6.07) is 1.61. The molecule has 1 N–H and O–H groups in total. The number of nitrogens with zero attached hydrogens (tertiary/aromatic N) is 1. The first-order valence-corrected chi connectivity index (χ1v) is 10.3. The average Bonchev–Trinajstić information content (AvgIpc) is 2.65. The van der Waals surface area contributed by atoms with Crippen molar-refractivity contribution in [2.24, 2.45) is 0 Å². The second-order valence-corrected chi connectivity index (χ2v) is 9.53. The first-order valence-electron chi connectivity index (χ1n) is 10.3. The van der Waals surface area contributed by atoms with E-state index < -0.39 is 5.97 Å². The quantitative estimate of drug-likeness (QED) is 0.711. The highest BCUT2D eigenvalue weighted by atomic mass is 16.4. The van der Waals surface area contributed by atoms with Crippen LogP contribution in [0, 0.1) is 27.7 Å². The molecule has 1 atom stereocenters. The molecule has 3 rings (SSSR count). The maximum Gasteiger partial charge on any atom is 0.336 e. The molecule has 0 aliphatic heterocycles. The maximum absolute atomic E-state index is 11.6. The summed E-state index contributed by atoms with van der Waals surface area (Å²) in [5.74, 6) is -0.869. The third-order valence-corrected chi connectivity index (χ3v) is 7.35. The van der Waals surface area contributed by atoms with Crippen LogP contribution >= 0.6 is 0 Å². The lowest BCUT2D eigenvalue weighted by Crippen LogP contribution is -2.38. The predicted molar refractivity (Wildman–Crippen MR) is 115 cm³/mol. The molecule has 1 unspecified atom stereocenters. The molecule has 150 valence electrons. The topological polar surface area (TPSA) is 50.2 Å². The van der Waals surface area contributed by atoms with Gasteiger partial charge in [0, 0.05) is 12.4 Å². The minimum atomic E-state index is -0.869. The van der Waals surface area contributed by atoms with E-state index in [1.807, 2.05) is 0 Å². The highest BCUT2D eigenvalue weighted by molar-refractivity contribution is 5.89. The predicted octanol–water partition coefficient (Wildman–Crippen LogP) is 5.98. The molecule has 1 aromatic carbocycles. The number of aromatic nitrogens is 1. The van der Waals surface area contributed by atoms with Gasteiger partial charge in [-0.3, -0.25) is 4.98 Å². The SMILES string of the molecule is Cc1c(C)c(C)c2c(c1C)C(C)(C)CCC2(C)CCc1cnccc1C(=O)O. The van der Waals surface area contributed by atoms with Gasteiger partial charge in [-0.15, -0.1) is 0 Å². The minimum Gasteiger partial charge on any atom is -0.478 e. The van der Waals surface area contributed by atoms with Crippen molar-refractivity contribution in [2.45, 2.75) is 85.0 Å². The molecule has 0 spiro atoms. The van der Waals surface area contributed by atoms with Gasteiger partial charge in [-0.2, -0.15) is 0 Å². The van der Waals surface area contributed by atoms with E-state index in [-0.39, 0.29) is 10.8 Å². The van der Waals surface area contributed by atoms with Crippen LogP contribution in [0.5, 0.6) is 0 Å². The molecule has 3 heteroatoms. The van der Waals surface area contributed by atoms with Crippen LogP contribution in [-0.4, -0.2) is 16.1 Å². The van der Waals surface area contributed by atoms with Crippen molar-refractivity contribution in [2.75, 3.05) is 0 Å². The number of aromatic carboxylic acids is 1. The van der Waals surface area contributed by atoms with Crippen LogP contribution < -0.4 is 0 Å². The fourth-order valence-corrected chi connectivity index (χ4v) is 5.25. The summed E-state index contributed by atoms with van der Waals surface area (Å²) in [7, 11) is 0. The molecule has 1 aromatic heterocycles. The molecule has 1 aliphatic carbocycles. The number of aryl methyl sites for hydroxylation is 1. The van der Waals surface area contributed by atoms with Crippen LogP contribution in [0.2, 0.25) is 0 Å². The lowest BCUT2D eigenvalue weighted by Gasteiger charge is -2.46. The average molecular weight is 380 g/mol. The summed E-state index contributed by atoms with van der Waals surface area (Å²) in [6.07, 6.45) is 7.23. The van der Waals surface area contributed by atoms with Gasteiger partial charge in [0.15, 0.2) is 0 Å². The van der Waals surface area contributed by atoms with Crippen molar-refractivity contribution in [3.8, 4) is 0 Å². The van der Waals surface area contributed by atoms with Gasteiger partial charge >= 0.3 is 5.97 Å². The molecular formula is C25H33NO2. The molecule has 0 radical (unpaired) electrons. The highest BCUT2D eigenvalue weighted by Gasteiger charge is 2.42. The lowest BCUT2D eigenvalue weighted by molar-refractivity contribution is 0.0695. The van der Waals surface area contributed by atoms with Crippen LogP contribution in [0.25, 0.3) is 0 Å². The first-order chi connectivity index (χ1) is 13.0. The number of carboxylic acid groups (broad SMARTS) is 1. The Kier molecular flexibility index (Phi) is 5.16. The Hall–Kier alpha value is -2.16. The van der Waals surface area contributed by atoms with E-state index in [4.69, 9.17) is 0 Å². The zero-order chi connectivity index (χ0) is 20.9. The van der Waals surface area contributed by atoms with Crippen molar-refractivity contribution < 1.29 is 9.90 Å². The Morgan fingerprint density at radius 3 is 2.21 bits per heavy atom. The number of fused-ring (bicyclic) bond motifs is 1. The molecule has 0 bridgehead atoms. The molecular weight excluding hydrogens is 346 g/mol. The van der Waals surface area contributed by atoms with Gasteiger partial charge in [-0.05, 0) is 109 Å². The summed E-state index contributed by atoms with van der Waals surface area (Å²) in [5.41, 5.74) is 10.1. The molecule has 1 heterocycles. The molecule has 28 heavy (non-hydrogen) atoms. The van der Waals surface area contributed by atoms with Gasteiger partial charge in [-0.1, -0.05) is 20.8 Å². The largest absolute Gasteiger partial charge is 0.478 e. The smallest absolute Gasteiger partial charge is 0.336 e. The Morgan fingerprint density at radius 2 is 1.61 bits per heavy atom. The van der Waals surface area contributed by atoms with E-state index in [0.717, 1.165) is 31.2 Å². The van der Waals surface area contributed by atoms with E-state index in [0.29, 0.717) is 5.56 Å². The first kappa shape index (κ1) is 20.6. The third kappa shape index (κ3) is 3.25. The zero-order valence-electron chi connectivity index (χ0n) is 18.4. The molecule has 3 nitrogen and oxygen atoms in total. The van der Waals surface area contributed by atoms with Crippen molar-refractivity contribution in [1.82, 2.24) is 4.98 Å². The monoisotopic (exact) mass is 379 g/mol. The van der Waals surface area contributed by atoms with Crippen molar-refractivity contribution in [3.63, 3.8) is 0 Å². The molecule has 2 aromatic rings. The summed E-state index contributed by atoms with van der Waals surface area (Å²) in [6.45, 7) is 16.1. The van der Waals surface area contributed by atoms with Gasteiger partial charge in [0.05, 0.1) is 5.56 Å². The molecule has 0 saturated heterocycles. The van der Waals surface area contributed by atoms with E-state index >= 15 is 0 Å². The normalized spacial score (nSPS) is 20.7. The maximum atomic E-state index is 11.6. The molecule has 1 aliphatic rings. The van der Waals surface area contributed by atoms with Gasteiger partial charge in [0.2, 0.25) is 0 Å². The van der Waals surface area contributed by atoms with Gasteiger partial charge < -0.3 is 5.11 Å². The number of hydrogen-bond donors (Lipinski definition) is 1.